The molecule has 0 aliphatic carbocycles. The molecule has 1 aromatic rings. The summed E-state index contributed by atoms with van der Waals surface area (Å²) in [5.41, 5.74) is 7.22. The second kappa shape index (κ2) is 3.60. The Morgan fingerprint density at radius 1 is 1.69 bits per heavy atom. The highest BCUT2D eigenvalue weighted by Crippen LogP contribution is 2.15. The first-order chi connectivity index (χ1) is 6.07. The molecule has 1 rings (SSSR count). The highest BCUT2D eigenvalue weighted by atomic mass is 16.1. The minimum Gasteiger partial charge on any atom is -0.368 e. The number of carbonyl (C=O) groups is 1. The van der Waals surface area contributed by atoms with Gasteiger partial charge >= 0.3 is 0 Å². The third-order valence-corrected chi connectivity index (χ3v) is 2.34. The van der Waals surface area contributed by atoms with Crippen LogP contribution in [0.2, 0.25) is 0 Å². The Morgan fingerprint density at radius 2 is 2.31 bits per heavy atom. The van der Waals surface area contributed by atoms with Gasteiger partial charge in [0, 0.05) is 5.69 Å². The second-order valence-corrected chi connectivity index (χ2v) is 3.15. The molecule has 1 unspecified atom stereocenters. The molecule has 0 aromatic carbocycles. The third-order valence-electron chi connectivity index (χ3n) is 2.34. The van der Waals surface area contributed by atoms with Crippen LogP contribution >= 0.6 is 0 Å². The van der Waals surface area contributed by atoms with Crippen molar-refractivity contribution in [3.05, 3.63) is 17.7 Å². The Kier molecular flexibility index (Phi) is 2.70. The third kappa shape index (κ3) is 1.71. The number of hydrogen-bond acceptors (Lipinski definition) is 2. The molecule has 4 heteroatoms. The van der Waals surface area contributed by atoms with Crippen LogP contribution in [0, 0.1) is 13.8 Å². The Labute approximate surface area is 77.8 Å². The summed E-state index contributed by atoms with van der Waals surface area (Å²) in [6.07, 6.45) is 2.37. The molecular weight excluding hydrogens is 166 g/mol. The summed E-state index contributed by atoms with van der Waals surface area (Å²) >= 11 is 0. The van der Waals surface area contributed by atoms with Gasteiger partial charge in [-0.05, 0) is 20.3 Å². The van der Waals surface area contributed by atoms with E-state index in [1.165, 1.54) is 0 Å². The minimum absolute atomic E-state index is 0.263. The van der Waals surface area contributed by atoms with Crippen molar-refractivity contribution in [1.29, 1.82) is 0 Å². The van der Waals surface area contributed by atoms with Crippen LogP contribution in [-0.2, 0) is 4.79 Å². The lowest BCUT2D eigenvalue weighted by atomic mass is 10.2. The van der Waals surface area contributed by atoms with Gasteiger partial charge in [0.1, 0.15) is 6.04 Å². The van der Waals surface area contributed by atoms with Gasteiger partial charge in [0.15, 0.2) is 0 Å². The Bertz CT molecular complexity index is 317. The monoisotopic (exact) mass is 181 g/mol. The fraction of sp³-hybridized carbons (Fsp3) is 0.556. The molecule has 1 amide bonds. The summed E-state index contributed by atoms with van der Waals surface area (Å²) in [5, 5.41) is 0. The summed E-state index contributed by atoms with van der Waals surface area (Å²) < 4.78 is 1.83. The molecule has 0 aliphatic heterocycles. The molecule has 0 spiro atoms. The predicted molar refractivity (Wildman–Crippen MR) is 50.2 cm³/mol. The zero-order valence-electron chi connectivity index (χ0n) is 8.24. The second-order valence-electron chi connectivity index (χ2n) is 3.15. The Balaban J connectivity index is 3.05. The number of aryl methyl sites for hydroxylation is 1. The van der Waals surface area contributed by atoms with E-state index in [1.54, 1.807) is 6.33 Å². The number of nitrogens with zero attached hydrogens (tertiary/aromatic N) is 2. The van der Waals surface area contributed by atoms with Crippen LogP contribution in [0.25, 0.3) is 0 Å². The molecule has 1 heterocycles. The number of hydrogen-bond donors (Lipinski definition) is 1. The maximum absolute atomic E-state index is 11.1. The molecule has 0 radical (unpaired) electrons. The lowest BCUT2D eigenvalue weighted by Gasteiger charge is -2.14. The van der Waals surface area contributed by atoms with E-state index in [4.69, 9.17) is 5.73 Å². The first-order valence-corrected chi connectivity index (χ1v) is 4.37. The number of carbonyl (C=O) groups excluding carboxylic acids is 1. The summed E-state index contributed by atoms with van der Waals surface area (Å²) in [6, 6.07) is -0.263. The smallest absolute Gasteiger partial charge is 0.240 e. The van der Waals surface area contributed by atoms with Gasteiger partial charge in [-0.1, -0.05) is 6.92 Å². The average Bonchev–Trinajstić information content (AvgIpc) is 2.37. The van der Waals surface area contributed by atoms with Gasteiger partial charge in [-0.3, -0.25) is 4.79 Å². The zero-order chi connectivity index (χ0) is 10.0. The number of nitrogens with two attached hydrogens (primary N) is 1. The average molecular weight is 181 g/mol. The van der Waals surface area contributed by atoms with Gasteiger partial charge in [-0.15, -0.1) is 0 Å². The summed E-state index contributed by atoms with van der Waals surface area (Å²) in [4.78, 5) is 15.2. The summed E-state index contributed by atoms with van der Waals surface area (Å²) in [7, 11) is 0. The van der Waals surface area contributed by atoms with Gasteiger partial charge in [-0.25, -0.2) is 4.98 Å². The molecule has 4 nitrogen and oxygen atoms in total. The molecule has 0 saturated heterocycles. The molecule has 0 fully saturated rings. The van der Waals surface area contributed by atoms with Crippen molar-refractivity contribution in [3.63, 3.8) is 0 Å². The lowest BCUT2D eigenvalue weighted by Crippen LogP contribution is -2.26. The van der Waals surface area contributed by atoms with E-state index in [2.05, 4.69) is 4.98 Å². The zero-order valence-corrected chi connectivity index (χ0v) is 8.24. The van der Waals surface area contributed by atoms with Crippen LogP contribution < -0.4 is 5.73 Å². The number of primary amides is 1. The van der Waals surface area contributed by atoms with Gasteiger partial charge in [0.05, 0.1) is 12.0 Å². The van der Waals surface area contributed by atoms with Gasteiger partial charge in [0.25, 0.3) is 0 Å². The van der Waals surface area contributed by atoms with Crippen molar-refractivity contribution >= 4 is 5.91 Å². The minimum atomic E-state index is -0.303. The van der Waals surface area contributed by atoms with Crippen LogP contribution in [0.5, 0.6) is 0 Å². The SMILES string of the molecule is CCC(C(N)=O)n1cnc(C)c1C. The summed E-state index contributed by atoms with van der Waals surface area (Å²) in [5.74, 6) is -0.303. The van der Waals surface area contributed by atoms with Crippen LogP contribution in [-0.4, -0.2) is 15.5 Å². The maximum atomic E-state index is 11.1. The fourth-order valence-corrected chi connectivity index (χ4v) is 1.36. The van der Waals surface area contributed by atoms with E-state index in [1.807, 2.05) is 25.3 Å². The topological polar surface area (TPSA) is 60.9 Å². The quantitative estimate of drug-likeness (QED) is 0.754. The summed E-state index contributed by atoms with van der Waals surface area (Å²) in [6.45, 7) is 5.79. The van der Waals surface area contributed by atoms with Crippen molar-refractivity contribution < 1.29 is 4.79 Å². The van der Waals surface area contributed by atoms with Crippen molar-refractivity contribution in [1.82, 2.24) is 9.55 Å². The van der Waals surface area contributed by atoms with E-state index >= 15 is 0 Å². The number of amides is 1. The lowest BCUT2D eigenvalue weighted by molar-refractivity contribution is -0.121. The molecule has 1 aromatic heterocycles. The van der Waals surface area contributed by atoms with Gasteiger partial charge in [-0.2, -0.15) is 0 Å². The molecular formula is C9H15N3O. The largest absolute Gasteiger partial charge is 0.368 e. The van der Waals surface area contributed by atoms with Crippen molar-refractivity contribution in [2.75, 3.05) is 0 Å². The van der Waals surface area contributed by atoms with E-state index in [-0.39, 0.29) is 11.9 Å². The predicted octanol–water partition coefficient (Wildman–Crippen LogP) is 0.936. The molecule has 2 N–H and O–H groups in total. The van der Waals surface area contributed by atoms with Crippen molar-refractivity contribution in [2.24, 2.45) is 5.73 Å². The van der Waals surface area contributed by atoms with Crippen molar-refractivity contribution in [3.8, 4) is 0 Å². The van der Waals surface area contributed by atoms with E-state index in [0.29, 0.717) is 6.42 Å². The van der Waals surface area contributed by atoms with Crippen LogP contribution in [0.15, 0.2) is 6.33 Å². The molecule has 13 heavy (non-hydrogen) atoms. The standard InChI is InChI=1S/C9H15N3O/c1-4-8(9(10)13)12-5-11-6(2)7(12)3/h5,8H,4H2,1-3H3,(H2,10,13). The number of imidazole rings is 1. The first kappa shape index (κ1) is 9.77. The first-order valence-electron chi connectivity index (χ1n) is 4.37. The van der Waals surface area contributed by atoms with Gasteiger partial charge < -0.3 is 10.3 Å². The van der Waals surface area contributed by atoms with E-state index in [9.17, 15) is 4.79 Å². The van der Waals surface area contributed by atoms with Crippen LogP contribution in [0.1, 0.15) is 30.8 Å². The fourth-order valence-electron chi connectivity index (χ4n) is 1.36. The highest BCUT2D eigenvalue weighted by Gasteiger charge is 2.17. The van der Waals surface area contributed by atoms with E-state index < -0.39 is 0 Å². The Hall–Kier alpha value is -1.32. The molecule has 0 bridgehead atoms. The van der Waals surface area contributed by atoms with Crippen LogP contribution in [0.3, 0.4) is 0 Å². The Morgan fingerprint density at radius 3 is 2.62 bits per heavy atom. The molecule has 0 saturated carbocycles. The molecule has 0 aliphatic rings. The molecule has 72 valence electrons. The molecule has 1 atom stereocenters. The van der Waals surface area contributed by atoms with E-state index in [0.717, 1.165) is 11.4 Å². The van der Waals surface area contributed by atoms with Crippen LogP contribution in [0.4, 0.5) is 0 Å². The maximum Gasteiger partial charge on any atom is 0.240 e. The van der Waals surface area contributed by atoms with Crippen molar-refractivity contribution in [2.45, 2.75) is 33.2 Å². The number of rotatable bonds is 3. The normalized spacial score (nSPS) is 12.8. The van der Waals surface area contributed by atoms with Gasteiger partial charge in [0.2, 0.25) is 5.91 Å². The number of aromatic nitrogens is 2. The highest BCUT2D eigenvalue weighted by molar-refractivity contribution is 5.78.